The smallest absolute Gasteiger partial charge is 0.108 e. The van der Waals surface area contributed by atoms with Crippen molar-refractivity contribution in [1.29, 1.82) is 0 Å². The van der Waals surface area contributed by atoms with Gasteiger partial charge in [0.05, 0.1) is 42.6 Å². The van der Waals surface area contributed by atoms with Crippen molar-refractivity contribution in [3.63, 3.8) is 0 Å². The van der Waals surface area contributed by atoms with Gasteiger partial charge in [0.25, 0.3) is 0 Å². The highest BCUT2D eigenvalue weighted by molar-refractivity contribution is 8.77. The second kappa shape index (κ2) is 21.7. The van der Waals surface area contributed by atoms with Gasteiger partial charge in [-0.15, -0.1) is 0 Å². The Balaban J connectivity index is 0.000000375. The van der Waals surface area contributed by atoms with Gasteiger partial charge in [-0.2, -0.15) is 0 Å². The van der Waals surface area contributed by atoms with Crippen molar-refractivity contribution >= 4 is 60.4 Å². The molecule has 8 atom stereocenters. The largest absolute Gasteiger partial charge is 0.382 e. The van der Waals surface area contributed by atoms with Gasteiger partial charge in [0.2, 0.25) is 0 Å². The first-order valence-corrected chi connectivity index (χ1v) is 18.1. The summed E-state index contributed by atoms with van der Waals surface area (Å²) in [4.78, 5) is 0.847. The normalized spacial score (nSPS) is 31.2. The fourth-order valence-corrected chi connectivity index (χ4v) is 7.16. The van der Waals surface area contributed by atoms with Gasteiger partial charge in [-0.25, -0.2) is 0 Å². The van der Waals surface area contributed by atoms with E-state index in [-0.39, 0.29) is 36.6 Å². The lowest BCUT2D eigenvalue weighted by Gasteiger charge is -2.20. The molecule has 0 aromatic rings. The summed E-state index contributed by atoms with van der Waals surface area (Å²) < 4.78 is 33.9. The lowest BCUT2D eigenvalue weighted by molar-refractivity contribution is -0.0440. The maximum absolute atomic E-state index is 5.97. The molecule has 0 spiro atoms. The van der Waals surface area contributed by atoms with Crippen molar-refractivity contribution < 1.29 is 28.4 Å². The molecule has 2 fully saturated rings. The van der Waals surface area contributed by atoms with Crippen LogP contribution in [0, 0.1) is 11.8 Å². The van der Waals surface area contributed by atoms with E-state index in [9.17, 15) is 0 Å². The van der Waals surface area contributed by atoms with Crippen LogP contribution in [0.25, 0.3) is 0 Å². The third kappa shape index (κ3) is 14.5. The molecule has 0 amide bonds. The molecule has 0 aliphatic carbocycles. The number of hydrogen-bond acceptors (Lipinski definition) is 12. The van der Waals surface area contributed by atoms with Crippen molar-refractivity contribution in [2.75, 3.05) is 63.9 Å². The zero-order chi connectivity index (χ0) is 27.6. The standard InChI is InChI=1S/C13H25NO3S3.C11H23NO3S2/c1-9-10(2)17-12(7-15-4)13(9)16-8-20-19-6-5-14-11(3)18;1-8-9(2)15-10(6-13-3)11(8)14-7-17-16-5-4-12/h9-10,12-13H,5-8H2,1-4H3,(H,14,18);8-11H,4-7,12H2,1-3H3/t9?,10-,12+,13?;8?,9-,10+,11?/m00/s1. The summed E-state index contributed by atoms with van der Waals surface area (Å²) in [6.45, 7) is 13.2. The van der Waals surface area contributed by atoms with E-state index in [1.165, 1.54) is 0 Å². The highest BCUT2D eigenvalue weighted by Crippen LogP contribution is 2.32. The number of methoxy groups -OCH3 is 2. The summed E-state index contributed by atoms with van der Waals surface area (Å²) in [7, 11) is 10.4. The van der Waals surface area contributed by atoms with Gasteiger partial charge >= 0.3 is 0 Å². The summed E-state index contributed by atoms with van der Waals surface area (Å²) in [6.07, 6.45) is 0.838. The Labute approximate surface area is 245 Å². The van der Waals surface area contributed by atoms with Gasteiger partial charge in [-0.3, -0.25) is 0 Å². The third-order valence-corrected chi connectivity index (χ3v) is 10.5. The number of rotatable bonds is 17. The second-order valence-electron chi connectivity index (χ2n) is 9.04. The van der Waals surface area contributed by atoms with Crippen LogP contribution < -0.4 is 11.1 Å². The van der Waals surface area contributed by atoms with Gasteiger partial charge < -0.3 is 39.5 Å². The fraction of sp³-hybridized carbons (Fsp3) is 0.958. The number of ether oxygens (including phenoxy) is 6. The van der Waals surface area contributed by atoms with E-state index < -0.39 is 0 Å². The van der Waals surface area contributed by atoms with Crippen LogP contribution in [-0.2, 0) is 28.4 Å². The zero-order valence-electron chi connectivity index (χ0n) is 23.3. The first-order valence-electron chi connectivity index (χ1n) is 12.7. The zero-order valence-corrected chi connectivity index (χ0v) is 27.4. The Bertz CT molecular complexity index is 600. The summed E-state index contributed by atoms with van der Waals surface area (Å²) in [5.74, 6) is 4.14. The van der Waals surface area contributed by atoms with Crippen LogP contribution in [0.4, 0.5) is 0 Å². The van der Waals surface area contributed by atoms with Gasteiger partial charge in [-0.1, -0.05) is 69.2 Å². The van der Waals surface area contributed by atoms with E-state index >= 15 is 0 Å². The van der Waals surface area contributed by atoms with Gasteiger partial charge in [0.1, 0.15) is 24.1 Å². The molecule has 2 aliphatic rings. The molecular weight excluding hydrogens is 573 g/mol. The summed E-state index contributed by atoms with van der Waals surface area (Å²) in [6, 6.07) is 0. The topological polar surface area (TPSA) is 93.4 Å². The SMILES string of the molecule is COC[C@H]1O[C@@H](C)C(C)C1OCSSCCN.COC[C@H]1O[C@@H](C)C(C)C1OCSSCCNC(C)=S. The molecule has 8 nitrogen and oxygen atoms in total. The monoisotopic (exact) mass is 620 g/mol. The maximum atomic E-state index is 5.97. The summed E-state index contributed by atoms with van der Waals surface area (Å²) >= 11 is 4.95. The van der Waals surface area contributed by atoms with Crippen LogP contribution >= 0.6 is 55.4 Å². The first-order chi connectivity index (χ1) is 17.8. The van der Waals surface area contributed by atoms with Crippen LogP contribution in [-0.4, -0.2) is 106 Å². The number of hydrogen-bond donors (Lipinski definition) is 2. The molecule has 220 valence electrons. The Morgan fingerprint density at radius 2 is 1.27 bits per heavy atom. The highest BCUT2D eigenvalue weighted by Gasteiger charge is 2.41. The van der Waals surface area contributed by atoms with E-state index in [4.69, 9.17) is 46.4 Å². The van der Waals surface area contributed by atoms with E-state index in [0.29, 0.717) is 43.5 Å². The van der Waals surface area contributed by atoms with Gasteiger partial charge in [-0.05, 0) is 20.8 Å². The van der Waals surface area contributed by atoms with Crippen LogP contribution in [0.2, 0.25) is 0 Å². The molecular formula is C24H48N2O6S5. The number of nitrogens with one attached hydrogen (secondary N) is 1. The van der Waals surface area contributed by atoms with E-state index in [0.717, 1.165) is 23.0 Å². The predicted octanol–water partition coefficient (Wildman–Crippen LogP) is 4.46. The van der Waals surface area contributed by atoms with Crippen molar-refractivity contribution in [1.82, 2.24) is 5.32 Å². The Morgan fingerprint density at radius 3 is 1.68 bits per heavy atom. The van der Waals surface area contributed by atoms with Crippen molar-refractivity contribution in [2.24, 2.45) is 17.6 Å². The van der Waals surface area contributed by atoms with Crippen LogP contribution in [0.15, 0.2) is 0 Å². The molecule has 2 saturated heterocycles. The molecule has 0 radical (unpaired) electrons. The van der Waals surface area contributed by atoms with E-state index in [1.807, 2.05) is 6.92 Å². The first kappa shape index (κ1) is 36.0. The van der Waals surface area contributed by atoms with Crippen LogP contribution in [0.3, 0.4) is 0 Å². The second-order valence-corrected chi connectivity index (χ2v) is 14.7. The fourth-order valence-electron chi connectivity index (χ4n) is 4.00. The molecule has 3 N–H and O–H groups in total. The molecule has 4 unspecified atom stereocenters. The van der Waals surface area contributed by atoms with Crippen molar-refractivity contribution in [3.05, 3.63) is 0 Å². The quantitative estimate of drug-likeness (QED) is 0.104. The highest BCUT2D eigenvalue weighted by atomic mass is 33.1. The van der Waals surface area contributed by atoms with Crippen molar-refractivity contribution in [2.45, 2.75) is 71.2 Å². The molecule has 37 heavy (non-hydrogen) atoms. The minimum Gasteiger partial charge on any atom is -0.382 e. The van der Waals surface area contributed by atoms with Gasteiger partial charge in [0.15, 0.2) is 0 Å². The average molecular weight is 621 g/mol. The molecule has 2 rings (SSSR count). The lowest BCUT2D eigenvalue weighted by atomic mass is 9.99. The molecule has 0 bridgehead atoms. The van der Waals surface area contributed by atoms with Gasteiger partial charge in [0, 0.05) is 50.7 Å². The Hall–Kier alpha value is 1.01. The molecule has 13 heteroatoms. The minimum absolute atomic E-state index is 0.0507. The number of nitrogens with two attached hydrogens (primary N) is 1. The van der Waals surface area contributed by atoms with Crippen LogP contribution in [0.5, 0.6) is 0 Å². The van der Waals surface area contributed by atoms with Crippen LogP contribution in [0.1, 0.15) is 34.6 Å². The summed E-state index contributed by atoms with van der Waals surface area (Å²) in [5, 5.41) is 3.13. The predicted molar refractivity (Wildman–Crippen MR) is 166 cm³/mol. The average Bonchev–Trinajstić information content (AvgIpc) is 3.28. The Kier molecular flexibility index (Phi) is 21.2. The molecule has 2 aliphatic heterocycles. The Morgan fingerprint density at radius 1 is 0.811 bits per heavy atom. The van der Waals surface area contributed by atoms with E-state index in [2.05, 4.69) is 33.0 Å². The lowest BCUT2D eigenvalue weighted by Crippen LogP contribution is -2.32. The van der Waals surface area contributed by atoms with Crippen molar-refractivity contribution in [3.8, 4) is 0 Å². The number of thiocarbonyl (C=S) groups is 1. The summed E-state index contributed by atoms with van der Waals surface area (Å²) in [5.41, 5.74) is 5.42. The molecule has 0 saturated carbocycles. The molecule has 0 aromatic heterocycles. The maximum Gasteiger partial charge on any atom is 0.108 e. The molecule has 2 heterocycles. The van der Waals surface area contributed by atoms with E-state index in [1.54, 1.807) is 57.4 Å². The third-order valence-electron chi connectivity index (χ3n) is 6.24. The minimum atomic E-state index is 0.0507. The molecule has 0 aromatic carbocycles.